The van der Waals surface area contributed by atoms with Crippen LogP contribution >= 0.6 is 0 Å². The van der Waals surface area contributed by atoms with Crippen LogP contribution in [-0.4, -0.2) is 49.3 Å². The number of primary amides is 1. The van der Waals surface area contributed by atoms with Crippen LogP contribution in [0.4, 0.5) is 0 Å². The zero-order chi connectivity index (χ0) is 16.2. The minimum absolute atomic E-state index is 0.182. The zero-order valence-electron chi connectivity index (χ0n) is 13.3. The Balaban J connectivity index is 1.65. The molecule has 5 heteroatoms. The van der Waals surface area contributed by atoms with E-state index in [1.807, 2.05) is 42.2 Å². The summed E-state index contributed by atoms with van der Waals surface area (Å²) in [6, 6.07) is 13.8. The molecule has 0 saturated carbocycles. The van der Waals surface area contributed by atoms with Gasteiger partial charge in [0.05, 0.1) is 12.7 Å². The fraction of sp³-hybridized carbons (Fsp3) is 0.389. The first-order valence-corrected chi connectivity index (χ1v) is 7.92. The SMILES string of the molecule is C[C@H]1OCCN(CCOc2cccc3ccccc23)[C@@H]1C(N)=O. The van der Waals surface area contributed by atoms with Gasteiger partial charge in [0.25, 0.3) is 0 Å². The summed E-state index contributed by atoms with van der Waals surface area (Å²) in [4.78, 5) is 13.7. The number of benzene rings is 2. The average Bonchev–Trinajstić information content (AvgIpc) is 2.55. The summed E-state index contributed by atoms with van der Waals surface area (Å²) in [6.07, 6.45) is -0.182. The summed E-state index contributed by atoms with van der Waals surface area (Å²) < 4.78 is 11.5. The van der Waals surface area contributed by atoms with Crippen molar-refractivity contribution in [1.29, 1.82) is 0 Å². The highest BCUT2D eigenvalue weighted by atomic mass is 16.5. The highest BCUT2D eigenvalue weighted by Gasteiger charge is 2.33. The third-order valence-corrected chi connectivity index (χ3v) is 4.27. The molecule has 0 unspecified atom stereocenters. The highest BCUT2D eigenvalue weighted by molar-refractivity contribution is 5.88. The van der Waals surface area contributed by atoms with Gasteiger partial charge >= 0.3 is 0 Å². The number of rotatable bonds is 5. The summed E-state index contributed by atoms with van der Waals surface area (Å²) in [6.45, 7) is 4.33. The van der Waals surface area contributed by atoms with Crippen LogP contribution in [0.1, 0.15) is 6.92 Å². The molecular weight excluding hydrogens is 292 g/mol. The number of carbonyl (C=O) groups excluding carboxylic acids is 1. The van der Waals surface area contributed by atoms with Gasteiger partial charge in [-0.05, 0) is 18.4 Å². The molecule has 5 nitrogen and oxygen atoms in total. The summed E-state index contributed by atoms with van der Waals surface area (Å²) in [5.74, 6) is 0.516. The summed E-state index contributed by atoms with van der Waals surface area (Å²) in [7, 11) is 0. The normalized spacial score (nSPS) is 22.1. The number of nitrogens with two attached hydrogens (primary N) is 1. The van der Waals surface area contributed by atoms with Crippen LogP contribution < -0.4 is 10.5 Å². The average molecular weight is 314 g/mol. The molecule has 0 aliphatic carbocycles. The molecule has 2 aromatic carbocycles. The van der Waals surface area contributed by atoms with Gasteiger partial charge < -0.3 is 15.2 Å². The molecule has 1 aliphatic rings. The number of hydrogen-bond donors (Lipinski definition) is 1. The van der Waals surface area contributed by atoms with E-state index in [2.05, 4.69) is 12.1 Å². The molecule has 1 aliphatic heterocycles. The summed E-state index contributed by atoms with van der Waals surface area (Å²) in [5, 5.41) is 2.25. The second kappa shape index (κ2) is 6.98. The fourth-order valence-electron chi connectivity index (χ4n) is 3.14. The van der Waals surface area contributed by atoms with Gasteiger partial charge in [0, 0.05) is 18.5 Å². The Kier molecular flexibility index (Phi) is 4.79. The molecule has 2 aromatic rings. The van der Waals surface area contributed by atoms with Gasteiger partial charge in [0.15, 0.2) is 0 Å². The van der Waals surface area contributed by atoms with Crippen LogP contribution in [0.3, 0.4) is 0 Å². The van der Waals surface area contributed by atoms with Crippen molar-refractivity contribution < 1.29 is 14.3 Å². The first-order valence-electron chi connectivity index (χ1n) is 7.92. The first-order chi connectivity index (χ1) is 11.2. The van der Waals surface area contributed by atoms with Crippen LogP contribution in [0.15, 0.2) is 42.5 Å². The number of carbonyl (C=O) groups is 1. The largest absolute Gasteiger partial charge is 0.492 e. The Morgan fingerprint density at radius 2 is 2.09 bits per heavy atom. The first kappa shape index (κ1) is 15.8. The van der Waals surface area contributed by atoms with E-state index in [0.717, 1.165) is 16.5 Å². The van der Waals surface area contributed by atoms with Crippen LogP contribution in [0.25, 0.3) is 10.8 Å². The molecule has 0 spiro atoms. The van der Waals surface area contributed by atoms with E-state index in [-0.39, 0.29) is 18.1 Å². The van der Waals surface area contributed by atoms with Gasteiger partial charge in [-0.3, -0.25) is 9.69 Å². The zero-order valence-corrected chi connectivity index (χ0v) is 13.3. The maximum atomic E-state index is 11.6. The molecular formula is C18H22N2O3. The standard InChI is InChI=1S/C18H22N2O3/c1-13-17(18(19)21)20(9-11-22-13)10-12-23-16-8-4-6-14-5-2-3-7-15(14)16/h2-8,13,17H,9-12H2,1H3,(H2,19,21)/t13-,17+/m1/s1. The van der Waals surface area contributed by atoms with E-state index in [0.29, 0.717) is 26.3 Å². The Morgan fingerprint density at radius 1 is 1.30 bits per heavy atom. The van der Waals surface area contributed by atoms with E-state index in [1.165, 1.54) is 0 Å². The number of fused-ring (bicyclic) bond motifs is 1. The molecule has 122 valence electrons. The smallest absolute Gasteiger partial charge is 0.237 e. The van der Waals surface area contributed by atoms with E-state index >= 15 is 0 Å². The Labute approximate surface area is 136 Å². The van der Waals surface area contributed by atoms with E-state index in [9.17, 15) is 4.79 Å². The summed E-state index contributed by atoms with van der Waals surface area (Å²) in [5.41, 5.74) is 5.50. The van der Waals surface area contributed by atoms with Crippen molar-refractivity contribution >= 4 is 16.7 Å². The van der Waals surface area contributed by atoms with Crippen molar-refractivity contribution in [3.8, 4) is 5.75 Å². The lowest BCUT2D eigenvalue weighted by atomic mass is 10.1. The summed E-state index contributed by atoms with van der Waals surface area (Å²) >= 11 is 0. The van der Waals surface area contributed by atoms with Gasteiger partial charge in [-0.1, -0.05) is 36.4 Å². The highest BCUT2D eigenvalue weighted by Crippen LogP contribution is 2.25. The third-order valence-electron chi connectivity index (χ3n) is 4.27. The van der Waals surface area contributed by atoms with Gasteiger partial charge in [0.1, 0.15) is 18.4 Å². The maximum absolute atomic E-state index is 11.6. The molecule has 1 saturated heterocycles. The van der Waals surface area contributed by atoms with Gasteiger partial charge in [-0.2, -0.15) is 0 Å². The minimum Gasteiger partial charge on any atom is -0.492 e. The Bertz CT molecular complexity index is 684. The molecule has 0 radical (unpaired) electrons. The molecule has 23 heavy (non-hydrogen) atoms. The molecule has 2 atom stereocenters. The van der Waals surface area contributed by atoms with Crippen molar-refractivity contribution in [2.75, 3.05) is 26.3 Å². The quantitative estimate of drug-likeness (QED) is 0.914. The molecule has 1 fully saturated rings. The van der Waals surface area contributed by atoms with E-state index in [4.69, 9.17) is 15.2 Å². The van der Waals surface area contributed by atoms with Crippen molar-refractivity contribution in [1.82, 2.24) is 4.90 Å². The van der Waals surface area contributed by atoms with E-state index in [1.54, 1.807) is 0 Å². The lowest BCUT2D eigenvalue weighted by Crippen LogP contribution is -2.57. The predicted octanol–water partition coefficient (Wildman–Crippen LogP) is 1.79. The predicted molar refractivity (Wildman–Crippen MR) is 89.4 cm³/mol. The van der Waals surface area contributed by atoms with Gasteiger partial charge in [-0.25, -0.2) is 0 Å². The Hall–Kier alpha value is -2.11. The topological polar surface area (TPSA) is 64.8 Å². The minimum atomic E-state index is -0.389. The van der Waals surface area contributed by atoms with Gasteiger partial charge in [0.2, 0.25) is 5.91 Å². The maximum Gasteiger partial charge on any atom is 0.237 e. The Morgan fingerprint density at radius 3 is 2.91 bits per heavy atom. The lowest BCUT2D eigenvalue weighted by Gasteiger charge is -2.37. The van der Waals surface area contributed by atoms with Crippen LogP contribution in [0.2, 0.25) is 0 Å². The second-order valence-corrected chi connectivity index (χ2v) is 5.78. The van der Waals surface area contributed by atoms with E-state index < -0.39 is 0 Å². The monoisotopic (exact) mass is 314 g/mol. The number of ether oxygens (including phenoxy) is 2. The van der Waals surface area contributed by atoms with Crippen molar-refractivity contribution in [2.45, 2.75) is 19.1 Å². The molecule has 2 N–H and O–H groups in total. The van der Waals surface area contributed by atoms with Crippen LogP contribution in [0, 0.1) is 0 Å². The third kappa shape index (κ3) is 3.46. The molecule has 3 rings (SSSR count). The van der Waals surface area contributed by atoms with Crippen molar-refractivity contribution in [3.05, 3.63) is 42.5 Å². The molecule has 1 heterocycles. The van der Waals surface area contributed by atoms with Crippen molar-refractivity contribution in [2.24, 2.45) is 5.73 Å². The second-order valence-electron chi connectivity index (χ2n) is 5.78. The molecule has 1 amide bonds. The van der Waals surface area contributed by atoms with Gasteiger partial charge in [-0.15, -0.1) is 0 Å². The lowest BCUT2D eigenvalue weighted by molar-refractivity contribution is -0.136. The molecule has 0 aromatic heterocycles. The number of morpholine rings is 1. The van der Waals surface area contributed by atoms with Crippen LogP contribution in [-0.2, 0) is 9.53 Å². The van der Waals surface area contributed by atoms with Crippen LogP contribution in [0.5, 0.6) is 5.75 Å². The number of hydrogen-bond acceptors (Lipinski definition) is 4. The fourth-order valence-corrected chi connectivity index (χ4v) is 3.14. The van der Waals surface area contributed by atoms with Crippen molar-refractivity contribution in [3.63, 3.8) is 0 Å². The number of amides is 1. The number of nitrogens with zero attached hydrogens (tertiary/aromatic N) is 1. The molecule has 0 bridgehead atoms.